The largest absolute Gasteiger partial charge is 0.341 e. The van der Waals surface area contributed by atoms with Crippen molar-refractivity contribution < 1.29 is 14.5 Å². The fourth-order valence-corrected chi connectivity index (χ4v) is 3.02. The van der Waals surface area contributed by atoms with Gasteiger partial charge in [0.25, 0.3) is 5.91 Å². The molecule has 0 saturated carbocycles. The summed E-state index contributed by atoms with van der Waals surface area (Å²) < 4.78 is 0. The number of nitrogens with one attached hydrogen (secondary N) is 2. The molecule has 0 bridgehead atoms. The molecule has 0 radical (unpaired) electrons. The lowest BCUT2D eigenvalue weighted by atomic mass is 10.0. The number of carbonyl (C=O) groups excluding carboxylic acids is 2. The molecule has 1 aliphatic rings. The highest BCUT2D eigenvalue weighted by Gasteiger charge is 2.21. The molecule has 22 heavy (non-hydrogen) atoms. The Balaban J connectivity index is 1.87. The monoisotopic (exact) mass is 303 g/mol. The summed E-state index contributed by atoms with van der Waals surface area (Å²) >= 11 is 0. The highest BCUT2D eigenvalue weighted by Crippen LogP contribution is 2.04. The molecule has 0 aliphatic carbocycles. The van der Waals surface area contributed by atoms with Crippen LogP contribution in [0, 0.1) is 0 Å². The van der Waals surface area contributed by atoms with Crippen molar-refractivity contribution in [3.8, 4) is 0 Å². The van der Waals surface area contributed by atoms with E-state index in [-0.39, 0.29) is 11.7 Å². The zero-order chi connectivity index (χ0) is 15.8. The fraction of sp³-hybridized carbons (Fsp3) is 0.556. The lowest BCUT2D eigenvalue weighted by Gasteiger charge is -2.20. The van der Waals surface area contributed by atoms with Gasteiger partial charge in [0.1, 0.15) is 0 Å². The number of Topliss-reactive ketones (excluding diaryl/α,β-unsaturated/α-hetero) is 1. The van der Waals surface area contributed by atoms with Crippen LogP contribution >= 0.6 is 0 Å². The normalized spacial score (nSPS) is 17.5. The molecule has 1 atom stereocenters. The van der Waals surface area contributed by atoms with E-state index in [4.69, 9.17) is 0 Å². The van der Waals surface area contributed by atoms with Crippen LogP contribution in [0.5, 0.6) is 0 Å². The van der Waals surface area contributed by atoms with E-state index in [1.54, 1.807) is 6.92 Å². The maximum atomic E-state index is 12.2. The van der Waals surface area contributed by atoms with Gasteiger partial charge in [0.15, 0.2) is 12.3 Å². The molecule has 1 aromatic rings. The zero-order valence-corrected chi connectivity index (χ0v) is 13.4. The van der Waals surface area contributed by atoms with E-state index in [1.165, 1.54) is 30.6 Å². The third kappa shape index (κ3) is 5.60. The fourth-order valence-electron chi connectivity index (χ4n) is 3.02. The Morgan fingerprint density at radius 2 is 1.73 bits per heavy atom. The van der Waals surface area contributed by atoms with Gasteiger partial charge in [0.2, 0.25) is 0 Å². The molecule has 0 unspecified atom stereocenters. The van der Waals surface area contributed by atoms with Crippen LogP contribution in [0.4, 0.5) is 0 Å². The van der Waals surface area contributed by atoms with E-state index in [2.05, 4.69) is 5.32 Å². The topological polar surface area (TPSA) is 50.6 Å². The zero-order valence-electron chi connectivity index (χ0n) is 13.4. The second kappa shape index (κ2) is 8.69. The van der Waals surface area contributed by atoms with Gasteiger partial charge < -0.3 is 10.2 Å². The number of ketones is 1. The second-order valence-electron chi connectivity index (χ2n) is 6.26. The van der Waals surface area contributed by atoms with Crippen LogP contribution in [0.15, 0.2) is 30.3 Å². The Hall–Kier alpha value is -1.68. The standard InChI is InChI=1S/C18H26N2O2/c1-15(21)17(13-16-9-5-4-6-10-16)19-18(22)14-20-11-7-2-3-8-12-20/h4-6,9-10,17H,2-3,7-8,11-14H2,1H3,(H,19,22)/p+1/t17-/m0/s1. The highest BCUT2D eigenvalue weighted by molar-refractivity contribution is 5.88. The molecule has 4 nitrogen and oxygen atoms in total. The first-order valence-corrected chi connectivity index (χ1v) is 8.32. The molecule has 0 spiro atoms. The maximum absolute atomic E-state index is 12.2. The van der Waals surface area contributed by atoms with Crippen molar-refractivity contribution >= 4 is 11.7 Å². The van der Waals surface area contributed by atoms with Gasteiger partial charge >= 0.3 is 0 Å². The Labute approximate surface area is 132 Å². The third-order valence-corrected chi connectivity index (χ3v) is 4.33. The SMILES string of the molecule is CC(=O)[C@H](Cc1ccccc1)NC(=O)C[NH+]1CCCCCC1. The summed E-state index contributed by atoms with van der Waals surface area (Å²) in [7, 11) is 0. The molecule has 1 aliphatic heterocycles. The van der Waals surface area contributed by atoms with E-state index in [0.717, 1.165) is 18.7 Å². The van der Waals surface area contributed by atoms with E-state index in [1.807, 2.05) is 30.3 Å². The first-order chi connectivity index (χ1) is 10.6. The van der Waals surface area contributed by atoms with Gasteiger partial charge in [0.05, 0.1) is 19.1 Å². The number of carbonyl (C=O) groups is 2. The van der Waals surface area contributed by atoms with Crippen molar-refractivity contribution in [2.24, 2.45) is 0 Å². The molecular formula is C18H27N2O2+. The number of amides is 1. The molecule has 1 fully saturated rings. The van der Waals surface area contributed by atoms with E-state index < -0.39 is 6.04 Å². The molecule has 0 aromatic heterocycles. The van der Waals surface area contributed by atoms with Gasteiger partial charge in [-0.2, -0.15) is 0 Å². The maximum Gasteiger partial charge on any atom is 0.275 e. The highest BCUT2D eigenvalue weighted by atomic mass is 16.2. The summed E-state index contributed by atoms with van der Waals surface area (Å²) in [5.74, 6) is 0.0103. The number of rotatable bonds is 6. The molecule has 1 aromatic carbocycles. The molecular weight excluding hydrogens is 276 g/mol. The molecule has 4 heteroatoms. The summed E-state index contributed by atoms with van der Waals surface area (Å²) in [4.78, 5) is 25.4. The van der Waals surface area contributed by atoms with Gasteiger partial charge in [-0.25, -0.2) is 0 Å². The number of quaternary nitrogens is 1. The lowest BCUT2D eigenvalue weighted by molar-refractivity contribution is -0.891. The quantitative estimate of drug-likeness (QED) is 0.815. The van der Waals surface area contributed by atoms with Crippen LogP contribution in [0.25, 0.3) is 0 Å². The Morgan fingerprint density at radius 1 is 1.09 bits per heavy atom. The summed E-state index contributed by atoms with van der Waals surface area (Å²) in [5.41, 5.74) is 1.07. The van der Waals surface area contributed by atoms with Crippen LogP contribution in [0.2, 0.25) is 0 Å². The summed E-state index contributed by atoms with van der Waals surface area (Å²) in [5, 5.41) is 2.92. The first-order valence-electron chi connectivity index (χ1n) is 8.32. The predicted molar refractivity (Wildman–Crippen MR) is 86.8 cm³/mol. The van der Waals surface area contributed by atoms with Gasteiger partial charge in [-0.3, -0.25) is 9.59 Å². The number of hydrogen-bond donors (Lipinski definition) is 2. The van der Waals surface area contributed by atoms with Gasteiger partial charge in [-0.1, -0.05) is 30.3 Å². The Bertz CT molecular complexity index is 479. The second-order valence-corrected chi connectivity index (χ2v) is 6.26. The predicted octanol–water partition coefficient (Wildman–Crippen LogP) is 0.762. The minimum atomic E-state index is -0.415. The number of likely N-dealkylation sites (tertiary alicyclic amines) is 1. The van der Waals surface area contributed by atoms with Crippen LogP contribution < -0.4 is 10.2 Å². The smallest absolute Gasteiger partial charge is 0.275 e. The third-order valence-electron chi connectivity index (χ3n) is 4.33. The van der Waals surface area contributed by atoms with Crippen LogP contribution in [0.1, 0.15) is 38.2 Å². The first kappa shape index (κ1) is 16.7. The molecule has 1 heterocycles. The van der Waals surface area contributed by atoms with Gasteiger partial charge in [0, 0.05) is 0 Å². The Kier molecular flexibility index (Phi) is 6.59. The molecule has 1 saturated heterocycles. The van der Waals surface area contributed by atoms with E-state index in [0.29, 0.717) is 13.0 Å². The van der Waals surface area contributed by atoms with E-state index in [9.17, 15) is 9.59 Å². The molecule has 2 rings (SSSR count). The van der Waals surface area contributed by atoms with Gasteiger partial charge in [-0.15, -0.1) is 0 Å². The van der Waals surface area contributed by atoms with Crippen molar-refractivity contribution in [3.05, 3.63) is 35.9 Å². The van der Waals surface area contributed by atoms with Crippen LogP contribution in [-0.2, 0) is 16.0 Å². The minimum Gasteiger partial charge on any atom is -0.341 e. The average Bonchev–Trinajstić information content (AvgIpc) is 2.76. The average molecular weight is 303 g/mol. The van der Waals surface area contributed by atoms with Crippen molar-refractivity contribution in [3.63, 3.8) is 0 Å². The van der Waals surface area contributed by atoms with Crippen molar-refractivity contribution in [2.75, 3.05) is 19.6 Å². The Morgan fingerprint density at radius 3 is 2.32 bits per heavy atom. The minimum absolute atomic E-state index is 0.00645. The van der Waals surface area contributed by atoms with Crippen molar-refractivity contribution in [2.45, 2.75) is 45.1 Å². The van der Waals surface area contributed by atoms with Gasteiger partial charge in [-0.05, 0) is 44.6 Å². The summed E-state index contributed by atoms with van der Waals surface area (Å²) in [6.45, 7) is 4.17. The lowest BCUT2D eigenvalue weighted by Crippen LogP contribution is -3.13. The van der Waals surface area contributed by atoms with Crippen LogP contribution in [0.3, 0.4) is 0 Å². The van der Waals surface area contributed by atoms with E-state index >= 15 is 0 Å². The van der Waals surface area contributed by atoms with Crippen molar-refractivity contribution in [1.82, 2.24) is 5.32 Å². The summed E-state index contributed by atoms with van der Waals surface area (Å²) in [6.07, 6.45) is 5.51. The van der Waals surface area contributed by atoms with Crippen molar-refractivity contribution in [1.29, 1.82) is 0 Å². The van der Waals surface area contributed by atoms with Crippen LogP contribution in [-0.4, -0.2) is 37.4 Å². The molecule has 1 amide bonds. The molecule has 120 valence electrons. The molecule has 2 N–H and O–H groups in total. The summed E-state index contributed by atoms with van der Waals surface area (Å²) in [6, 6.07) is 9.42. The number of hydrogen-bond acceptors (Lipinski definition) is 2. The number of benzene rings is 1.